The molecule has 1 aromatic heterocycles. The highest BCUT2D eigenvalue weighted by molar-refractivity contribution is 7.91. The van der Waals surface area contributed by atoms with Crippen LogP contribution in [0.3, 0.4) is 0 Å². The summed E-state index contributed by atoms with van der Waals surface area (Å²) in [5.41, 5.74) is 2.70. The van der Waals surface area contributed by atoms with Gasteiger partial charge in [0.15, 0.2) is 0 Å². The maximum Gasteiger partial charge on any atom is 0.252 e. The number of anilines is 2. The molecule has 1 aromatic carbocycles. The Kier molecular flexibility index (Phi) is 6.15. The van der Waals surface area contributed by atoms with Gasteiger partial charge in [-0.15, -0.1) is 11.3 Å². The molecule has 0 radical (unpaired) electrons. The van der Waals surface area contributed by atoms with E-state index in [0.29, 0.717) is 18.9 Å². The molecule has 0 spiro atoms. The zero-order valence-corrected chi connectivity index (χ0v) is 17.0. The molecule has 27 heavy (non-hydrogen) atoms. The lowest BCUT2D eigenvalue weighted by atomic mass is 10.1. The first-order valence-electron chi connectivity index (χ1n) is 8.61. The van der Waals surface area contributed by atoms with Gasteiger partial charge in [0.1, 0.15) is 4.21 Å². The second-order valence-electron chi connectivity index (χ2n) is 6.34. The average molecular weight is 410 g/mol. The maximum absolute atomic E-state index is 12.4. The van der Waals surface area contributed by atoms with Crippen LogP contribution in [0.4, 0.5) is 11.4 Å². The van der Waals surface area contributed by atoms with Crippen LogP contribution in [-0.4, -0.2) is 58.5 Å². The normalized spacial score (nSPS) is 15.1. The first-order chi connectivity index (χ1) is 12.9. The Hall–Kier alpha value is -1.94. The van der Waals surface area contributed by atoms with Crippen molar-refractivity contribution in [2.75, 3.05) is 50.1 Å². The number of carbonyl (C=O) groups excluding carboxylic acids is 1. The molecule has 0 aliphatic carbocycles. The molecule has 1 aliphatic heterocycles. The molecular formula is C18H23N3O4S2. The molecule has 1 aliphatic rings. The molecule has 2 aromatic rings. The van der Waals surface area contributed by atoms with E-state index in [4.69, 9.17) is 4.74 Å². The van der Waals surface area contributed by atoms with E-state index in [1.54, 1.807) is 11.4 Å². The van der Waals surface area contributed by atoms with Crippen LogP contribution in [0.25, 0.3) is 0 Å². The van der Waals surface area contributed by atoms with Crippen molar-refractivity contribution in [3.05, 3.63) is 41.3 Å². The summed E-state index contributed by atoms with van der Waals surface area (Å²) in [5.74, 6) is -0.375. The molecule has 1 amide bonds. The molecule has 3 rings (SSSR count). The Morgan fingerprint density at radius 2 is 2.04 bits per heavy atom. The smallest absolute Gasteiger partial charge is 0.252 e. The lowest BCUT2D eigenvalue weighted by Gasteiger charge is -2.29. The Labute approximate surface area is 163 Å². The van der Waals surface area contributed by atoms with E-state index >= 15 is 0 Å². The van der Waals surface area contributed by atoms with E-state index in [1.807, 2.05) is 25.1 Å². The van der Waals surface area contributed by atoms with Crippen LogP contribution >= 0.6 is 11.3 Å². The number of carbonyl (C=O) groups is 1. The summed E-state index contributed by atoms with van der Waals surface area (Å²) in [4.78, 5) is 14.6. The molecular weight excluding hydrogens is 386 g/mol. The van der Waals surface area contributed by atoms with Crippen molar-refractivity contribution in [1.29, 1.82) is 0 Å². The van der Waals surface area contributed by atoms with Gasteiger partial charge in [-0.05, 0) is 42.1 Å². The summed E-state index contributed by atoms with van der Waals surface area (Å²) in [7, 11) is -2.24. The van der Waals surface area contributed by atoms with Gasteiger partial charge >= 0.3 is 0 Å². The van der Waals surface area contributed by atoms with Gasteiger partial charge in [-0.3, -0.25) is 4.79 Å². The molecule has 1 saturated heterocycles. The molecule has 9 heteroatoms. The lowest BCUT2D eigenvalue weighted by Crippen LogP contribution is -2.36. The lowest BCUT2D eigenvalue weighted by molar-refractivity contribution is -0.116. The number of hydrogen-bond donors (Lipinski definition) is 1. The number of hydrogen-bond acceptors (Lipinski definition) is 6. The zero-order chi connectivity index (χ0) is 19.4. The Morgan fingerprint density at radius 3 is 2.67 bits per heavy atom. The third-order valence-corrected chi connectivity index (χ3v) is 7.56. The van der Waals surface area contributed by atoms with Gasteiger partial charge in [0.25, 0.3) is 10.0 Å². The highest BCUT2D eigenvalue weighted by atomic mass is 32.2. The second kappa shape index (κ2) is 8.39. The van der Waals surface area contributed by atoms with Crippen LogP contribution in [-0.2, 0) is 19.6 Å². The molecule has 0 atom stereocenters. The van der Waals surface area contributed by atoms with E-state index in [2.05, 4.69) is 10.2 Å². The van der Waals surface area contributed by atoms with Crippen molar-refractivity contribution >= 4 is 38.6 Å². The highest BCUT2D eigenvalue weighted by Crippen LogP contribution is 2.24. The van der Waals surface area contributed by atoms with E-state index < -0.39 is 10.0 Å². The minimum atomic E-state index is -3.64. The van der Waals surface area contributed by atoms with Gasteiger partial charge in [0.2, 0.25) is 5.91 Å². The van der Waals surface area contributed by atoms with Crippen molar-refractivity contribution in [2.45, 2.75) is 11.1 Å². The standard InChI is InChI=1S/C18H23N3O4S2/c1-14-12-15(21-7-9-25-10-8-21)5-6-16(14)19-17(22)13-20(2)27(23,24)18-4-3-11-26-18/h3-6,11-12H,7-10,13H2,1-2H3,(H,19,22). The molecule has 0 bridgehead atoms. The molecule has 146 valence electrons. The minimum Gasteiger partial charge on any atom is -0.378 e. The fraction of sp³-hybridized carbons (Fsp3) is 0.389. The molecule has 1 fully saturated rings. The van der Waals surface area contributed by atoms with E-state index in [-0.39, 0.29) is 16.7 Å². The van der Waals surface area contributed by atoms with Crippen molar-refractivity contribution < 1.29 is 17.9 Å². The third-order valence-electron chi connectivity index (χ3n) is 4.39. The van der Waals surface area contributed by atoms with E-state index in [9.17, 15) is 13.2 Å². The number of nitrogens with zero attached hydrogens (tertiary/aromatic N) is 2. The highest BCUT2D eigenvalue weighted by Gasteiger charge is 2.24. The number of benzene rings is 1. The van der Waals surface area contributed by atoms with Crippen LogP contribution in [0, 0.1) is 6.92 Å². The molecule has 0 saturated carbocycles. The first kappa shape index (κ1) is 19.8. The van der Waals surface area contributed by atoms with Gasteiger partial charge in [0.05, 0.1) is 19.8 Å². The van der Waals surface area contributed by atoms with Crippen molar-refractivity contribution in [3.63, 3.8) is 0 Å². The summed E-state index contributed by atoms with van der Waals surface area (Å²) in [6, 6.07) is 9.03. The summed E-state index contributed by atoms with van der Waals surface area (Å²) < 4.78 is 31.5. The van der Waals surface area contributed by atoms with Crippen molar-refractivity contribution in [3.8, 4) is 0 Å². The van der Waals surface area contributed by atoms with Crippen LogP contribution in [0.1, 0.15) is 5.56 Å². The summed E-state index contributed by atoms with van der Waals surface area (Å²) in [6.07, 6.45) is 0. The molecule has 2 heterocycles. The van der Waals surface area contributed by atoms with Crippen LogP contribution in [0.5, 0.6) is 0 Å². The van der Waals surface area contributed by atoms with Crippen LogP contribution in [0.15, 0.2) is 39.9 Å². The summed E-state index contributed by atoms with van der Waals surface area (Å²) >= 11 is 1.13. The predicted molar refractivity (Wildman–Crippen MR) is 107 cm³/mol. The maximum atomic E-state index is 12.4. The minimum absolute atomic E-state index is 0.226. The average Bonchev–Trinajstić information content (AvgIpc) is 3.19. The fourth-order valence-corrected chi connectivity index (χ4v) is 5.18. The van der Waals surface area contributed by atoms with Crippen LogP contribution < -0.4 is 10.2 Å². The number of amides is 1. The summed E-state index contributed by atoms with van der Waals surface area (Å²) in [5, 5.41) is 4.50. The number of nitrogens with one attached hydrogen (secondary N) is 1. The summed E-state index contributed by atoms with van der Waals surface area (Å²) in [6.45, 7) is 4.79. The third kappa shape index (κ3) is 4.67. The number of sulfonamides is 1. The molecule has 1 N–H and O–H groups in total. The first-order valence-corrected chi connectivity index (χ1v) is 10.9. The number of aryl methyl sites for hydroxylation is 1. The predicted octanol–water partition coefficient (Wildman–Crippen LogP) is 2.15. The molecule has 7 nitrogen and oxygen atoms in total. The molecule has 0 unspecified atom stereocenters. The number of likely N-dealkylation sites (N-methyl/N-ethyl adjacent to an activating group) is 1. The van der Waals surface area contributed by atoms with Gasteiger partial charge in [-0.1, -0.05) is 6.07 Å². The Balaban J connectivity index is 1.63. The topological polar surface area (TPSA) is 79.0 Å². The number of ether oxygens (including phenoxy) is 1. The number of thiophene rings is 1. The monoisotopic (exact) mass is 409 g/mol. The quantitative estimate of drug-likeness (QED) is 0.791. The number of rotatable bonds is 6. The zero-order valence-electron chi connectivity index (χ0n) is 15.3. The van der Waals surface area contributed by atoms with Crippen molar-refractivity contribution in [2.24, 2.45) is 0 Å². The Bertz CT molecular complexity index is 891. The largest absolute Gasteiger partial charge is 0.378 e. The van der Waals surface area contributed by atoms with Gasteiger partial charge in [-0.2, -0.15) is 4.31 Å². The van der Waals surface area contributed by atoms with Gasteiger partial charge < -0.3 is 15.0 Å². The van der Waals surface area contributed by atoms with Gasteiger partial charge in [-0.25, -0.2) is 8.42 Å². The van der Waals surface area contributed by atoms with E-state index in [1.165, 1.54) is 13.1 Å². The SMILES string of the molecule is Cc1cc(N2CCOCC2)ccc1NC(=O)CN(C)S(=O)(=O)c1cccs1. The number of morpholine rings is 1. The van der Waals surface area contributed by atoms with Crippen molar-refractivity contribution in [1.82, 2.24) is 4.31 Å². The van der Waals surface area contributed by atoms with Crippen LogP contribution in [0.2, 0.25) is 0 Å². The van der Waals surface area contributed by atoms with E-state index in [0.717, 1.165) is 40.0 Å². The van der Waals surface area contributed by atoms with Gasteiger partial charge in [0, 0.05) is 31.5 Å². The fourth-order valence-electron chi connectivity index (χ4n) is 2.85. The Morgan fingerprint density at radius 1 is 1.30 bits per heavy atom. The second-order valence-corrected chi connectivity index (χ2v) is 9.56.